The topological polar surface area (TPSA) is 116 Å². The maximum Gasteiger partial charge on any atom is 0.419 e. The SMILES string of the molecule is CN1CCC(Oc2ncc(N3C(S)N(c4cnc(C#N)c(C(F)(F)F)c4)C(=O)C34CCC4=O)cn2)CC1. The van der Waals surface area contributed by atoms with Gasteiger partial charge in [-0.2, -0.15) is 18.4 Å². The quantitative estimate of drug-likeness (QED) is 0.467. The van der Waals surface area contributed by atoms with Crippen molar-refractivity contribution in [2.45, 2.75) is 49.0 Å². The first-order valence-electron chi connectivity index (χ1n) is 11.5. The Hall–Kier alpha value is -3.44. The molecule has 194 valence electrons. The van der Waals surface area contributed by atoms with Crippen molar-refractivity contribution in [3.05, 3.63) is 35.9 Å². The monoisotopic (exact) mass is 533 g/mol. The second kappa shape index (κ2) is 9.14. The number of carbonyl (C=O) groups is 2. The molecule has 14 heteroatoms. The minimum atomic E-state index is -4.87. The number of pyridine rings is 1. The molecule has 4 heterocycles. The molecule has 1 amide bonds. The molecular weight excluding hydrogens is 511 g/mol. The van der Waals surface area contributed by atoms with Crippen molar-refractivity contribution in [3.63, 3.8) is 0 Å². The van der Waals surface area contributed by atoms with Crippen LogP contribution < -0.4 is 14.5 Å². The zero-order valence-electron chi connectivity index (χ0n) is 19.6. The van der Waals surface area contributed by atoms with Crippen molar-refractivity contribution < 1.29 is 27.5 Å². The van der Waals surface area contributed by atoms with Crippen LogP contribution in [0, 0.1) is 11.3 Å². The Morgan fingerprint density at radius 1 is 1.14 bits per heavy atom. The third-order valence-electron chi connectivity index (χ3n) is 7.01. The number of ketones is 1. The first kappa shape index (κ1) is 25.2. The Labute approximate surface area is 215 Å². The van der Waals surface area contributed by atoms with Gasteiger partial charge in [-0.1, -0.05) is 0 Å². The van der Waals surface area contributed by atoms with Gasteiger partial charge in [0.05, 0.1) is 35.5 Å². The average molecular weight is 534 g/mol. The Kier molecular flexibility index (Phi) is 6.23. The van der Waals surface area contributed by atoms with E-state index in [9.17, 15) is 22.8 Å². The maximum atomic E-state index is 13.6. The first-order valence-corrected chi connectivity index (χ1v) is 12.1. The Bertz CT molecular complexity index is 1280. The molecule has 2 saturated heterocycles. The third-order valence-corrected chi connectivity index (χ3v) is 7.48. The van der Waals surface area contributed by atoms with Crippen molar-refractivity contribution in [1.82, 2.24) is 19.9 Å². The van der Waals surface area contributed by atoms with Gasteiger partial charge in [-0.25, -0.2) is 15.0 Å². The number of thiol groups is 1. The molecule has 1 spiro atoms. The highest BCUT2D eigenvalue weighted by atomic mass is 32.1. The van der Waals surface area contributed by atoms with E-state index in [1.165, 1.54) is 23.4 Å². The molecule has 2 atom stereocenters. The molecule has 5 rings (SSSR count). The summed E-state index contributed by atoms with van der Waals surface area (Å²) in [7, 11) is 2.03. The van der Waals surface area contributed by atoms with Crippen LogP contribution in [0.4, 0.5) is 24.5 Å². The summed E-state index contributed by atoms with van der Waals surface area (Å²) in [5, 5.41) is 9.05. The number of Topliss-reactive ketones (excluding diaryl/α,β-unsaturated/α-hetero) is 1. The van der Waals surface area contributed by atoms with Crippen LogP contribution in [0.15, 0.2) is 24.7 Å². The van der Waals surface area contributed by atoms with Gasteiger partial charge in [0.15, 0.2) is 22.5 Å². The number of nitriles is 1. The van der Waals surface area contributed by atoms with E-state index in [1.54, 1.807) is 0 Å². The van der Waals surface area contributed by atoms with Gasteiger partial charge in [0.1, 0.15) is 12.2 Å². The number of nitrogens with zero attached hydrogens (tertiary/aromatic N) is 7. The minimum absolute atomic E-state index is 0.0326. The molecule has 2 aromatic heterocycles. The molecule has 1 saturated carbocycles. The molecule has 0 bridgehead atoms. The number of aromatic nitrogens is 3. The van der Waals surface area contributed by atoms with E-state index in [2.05, 4.69) is 32.5 Å². The van der Waals surface area contributed by atoms with Gasteiger partial charge < -0.3 is 14.5 Å². The zero-order valence-corrected chi connectivity index (χ0v) is 20.5. The second-order valence-corrected chi connectivity index (χ2v) is 9.68. The molecule has 10 nitrogen and oxygen atoms in total. The summed E-state index contributed by atoms with van der Waals surface area (Å²) >= 11 is 4.52. The number of amides is 1. The van der Waals surface area contributed by atoms with Gasteiger partial charge >= 0.3 is 12.2 Å². The lowest BCUT2D eigenvalue weighted by atomic mass is 9.74. The zero-order chi connectivity index (χ0) is 26.5. The Morgan fingerprint density at radius 3 is 2.32 bits per heavy atom. The van der Waals surface area contributed by atoms with E-state index in [-0.39, 0.29) is 42.1 Å². The summed E-state index contributed by atoms with van der Waals surface area (Å²) in [6.07, 6.45) is 0.837. The van der Waals surface area contributed by atoms with Crippen molar-refractivity contribution in [1.29, 1.82) is 5.26 Å². The van der Waals surface area contributed by atoms with Crippen LogP contribution in [0.2, 0.25) is 0 Å². The lowest BCUT2D eigenvalue weighted by Crippen LogP contribution is -2.63. The van der Waals surface area contributed by atoms with Crippen LogP contribution in [-0.2, 0) is 15.8 Å². The summed E-state index contributed by atoms with van der Waals surface area (Å²) in [5.74, 6) is -1.11. The van der Waals surface area contributed by atoms with E-state index in [1.807, 2.05) is 7.05 Å². The van der Waals surface area contributed by atoms with E-state index in [4.69, 9.17) is 10.00 Å². The molecule has 37 heavy (non-hydrogen) atoms. The van der Waals surface area contributed by atoms with E-state index in [0.29, 0.717) is 6.07 Å². The fourth-order valence-corrected chi connectivity index (χ4v) is 5.47. The number of anilines is 2. The molecule has 2 unspecified atom stereocenters. The van der Waals surface area contributed by atoms with E-state index < -0.39 is 34.4 Å². The van der Waals surface area contributed by atoms with Crippen LogP contribution in [0.1, 0.15) is 36.9 Å². The van der Waals surface area contributed by atoms with Crippen LogP contribution in [0.25, 0.3) is 0 Å². The minimum Gasteiger partial charge on any atom is -0.460 e. The number of hydrogen-bond donors (Lipinski definition) is 1. The van der Waals surface area contributed by atoms with E-state index >= 15 is 0 Å². The number of halogens is 3. The smallest absolute Gasteiger partial charge is 0.419 e. The van der Waals surface area contributed by atoms with Crippen LogP contribution >= 0.6 is 12.6 Å². The molecule has 0 radical (unpaired) electrons. The number of rotatable bonds is 4. The first-order chi connectivity index (χ1) is 17.6. The standard InChI is InChI=1S/C23H22F3N7O3S/c1-31-6-3-15(4-7-31)36-20-29-11-14(12-30-20)33-21(37)32(19(35)22(33)5-2-18(22)34)13-8-16(23(24,25)26)17(9-27)28-10-13/h8,10-12,15,21,37H,2-7H2,1H3. The van der Waals surface area contributed by atoms with Gasteiger partial charge in [-0.15, -0.1) is 12.6 Å². The number of likely N-dealkylation sites (tertiary alicyclic amines) is 1. The molecule has 2 aliphatic heterocycles. The van der Waals surface area contributed by atoms with Gasteiger partial charge in [-0.05, 0) is 32.4 Å². The number of piperidine rings is 1. The van der Waals surface area contributed by atoms with Crippen LogP contribution in [-0.4, -0.2) is 68.8 Å². The predicted octanol–water partition coefficient (Wildman–Crippen LogP) is 2.40. The lowest BCUT2D eigenvalue weighted by molar-refractivity contribution is -0.140. The van der Waals surface area contributed by atoms with Gasteiger partial charge in [0.25, 0.3) is 5.91 Å². The van der Waals surface area contributed by atoms with Gasteiger partial charge in [0.2, 0.25) is 0 Å². The molecule has 2 aromatic rings. The number of carbonyl (C=O) groups excluding carboxylic acids is 2. The molecule has 3 fully saturated rings. The fourth-order valence-electron chi connectivity index (χ4n) is 4.91. The summed E-state index contributed by atoms with van der Waals surface area (Å²) in [4.78, 5) is 43.1. The van der Waals surface area contributed by atoms with Crippen LogP contribution in [0.5, 0.6) is 6.01 Å². The Balaban J connectivity index is 1.46. The van der Waals surface area contributed by atoms with Gasteiger partial charge in [-0.3, -0.25) is 14.5 Å². The van der Waals surface area contributed by atoms with Gasteiger partial charge in [0, 0.05) is 19.5 Å². The predicted molar refractivity (Wildman–Crippen MR) is 127 cm³/mol. The summed E-state index contributed by atoms with van der Waals surface area (Å²) < 4.78 is 46.5. The van der Waals surface area contributed by atoms with E-state index in [0.717, 1.165) is 37.0 Å². The van der Waals surface area contributed by atoms with Crippen molar-refractivity contribution in [2.75, 3.05) is 29.9 Å². The second-order valence-electron chi connectivity index (χ2n) is 9.22. The fraction of sp³-hybridized carbons (Fsp3) is 0.478. The normalized spacial score (nSPS) is 24.9. The molecular formula is C23H22F3N7O3S. The summed E-state index contributed by atoms with van der Waals surface area (Å²) in [6.45, 7) is 1.78. The van der Waals surface area contributed by atoms with Crippen LogP contribution in [0.3, 0.4) is 0 Å². The molecule has 0 N–H and O–H groups in total. The Morgan fingerprint density at radius 2 is 1.78 bits per heavy atom. The van der Waals surface area contributed by atoms with Crippen molar-refractivity contribution in [2.24, 2.45) is 0 Å². The van der Waals surface area contributed by atoms with Crippen molar-refractivity contribution >= 4 is 35.7 Å². The largest absolute Gasteiger partial charge is 0.460 e. The number of ether oxygens (including phenoxy) is 1. The molecule has 3 aliphatic rings. The molecule has 1 aliphatic carbocycles. The summed E-state index contributed by atoms with van der Waals surface area (Å²) in [6, 6.07) is 2.23. The summed E-state index contributed by atoms with van der Waals surface area (Å²) in [5.41, 5.74) is -4.85. The number of hydrogen-bond acceptors (Lipinski definition) is 10. The molecule has 0 aromatic carbocycles. The highest BCUT2D eigenvalue weighted by molar-refractivity contribution is 7.81. The average Bonchev–Trinajstić information content (AvgIpc) is 3.12. The van der Waals surface area contributed by atoms with Crippen molar-refractivity contribution in [3.8, 4) is 12.1 Å². The lowest BCUT2D eigenvalue weighted by Gasteiger charge is -2.42. The third kappa shape index (κ3) is 4.15. The number of alkyl halides is 3. The highest BCUT2D eigenvalue weighted by Gasteiger charge is 2.66. The maximum absolute atomic E-state index is 13.6. The highest BCUT2D eigenvalue weighted by Crippen LogP contribution is 2.48.